The van der Waals surface area contributed by atoms with Gasteiger partial charge in [-0.05, 0) is 30.7 Å². The molecular weight excluding hydrogens is 200 g/mol. The molecule has 1 atom stereocenters. The first-order chi connectivity index (χ1) is 7.79. The monoisotopic (exact) mass is 220 g/mol. The van der Waals surface area contributed by atoms with Crippen molar-refractivity contribution in [3.63, 3.8) is 0 Å². The minimum absolute atomic E-state index is 0.184. The van der Waals surface area contributed by atoms with Crippen LogP contribution in [0.1, 0.15) is 25.0 Å². The summed E-state index contributed by atoms with van der Waals surface area (Å²) in [5.74, 6) is 0. The third kappa shape index (κ3) is 2.74. The Morgan fingerprint density at radius 1 is 1.50 bits per heavy atom. The van der Waals surface area contributed by atoms with Crippen molar-refractivity contribution in [1.82, 2.24) is 4.90 Å². The lowest BCUT2D eigenvalue weighted by Gasteiger charge is -2.33. The number of hydrogen-bond donors (Lipinski definition) is 1. The van der Waals surface area contributed by atoms with Crippen LogP contribution in [-0.4, -0.2) is 31.1 Å². The highest BCUT2D eigenvalue weighted by Crippen LogP contribution is 2.23. The van der Waals surface area contributed by atoms with Crippen LogP contribution >= 0.6 is 0 Å². The molecule has 1 aliphatic rings. The van der Waals surface area contributed by atoms with Gasteiger partial charge in [0.25, 0.3) is 0 Å². The maximum absolute atomic E-state index is 5.80. The number of nitrogens with two attached hydrogens (primary N) is 1. The number of hydrogen-bond acceptors (Lipinski definition) is 3. The maximum Gasteiger partial charge on any atom is 0.0953 e. The summed E-state index contributed by atoms with van der Waals surface area (Å²) in [4.78, 5) is 2.46. The van der Waals surface area contributed by atoms with Crippen LogP contribution in [0.3, 0.4) is 0 Å². The van der Waals surface area contributed by atoms with Crippen LogP contribution in [0.5, 0.6) is 0 Å². The first-order valence-corrected chi connectivity index (χ1v) is 5.99. The van der Waals surface area contributed by atoms with Gasteiger partial charge >= 0.3 is 0 Å². The van der Waals surface area contributed by atoms with Crippen LogP contribution in [0.25, 0.3) is 0 Å². The van der Waals surface area contributed by atoms with Gasteiger partial charge in [0.1, 0.15) is 0 Å². The first kappa shape index (κ1) is 11.4. The Kier molecular flexibility index (Phi) is 3.80. The lowest BCUT2D eigenvalue weighted by molar-refractivity contribution is -0.0298. The summed E-state index contributed by atoms with van der Waals surface area (Å²) < 4.78 is 5.80. The molecule has 0 aliphatic carbocycles. The quantitative estimate of drug-likeness (QED) is 0.792. The lowest BCUT2D eigenvalue weighted by atomic mass is 10.1. The molecule has 1 aromatic carbocycles. The third-order valence-corrected chi connectivity index (χ3v) is 2.97. The minimum atomic E-state index is 0.184. The molecule has 16 heavy (non-hydrogen) atoms. The standard InChI is InChI=1S/C13H20N2O/c1-2-6-15-7-8-16-13(10-15)11-4-3-5-12(14)9-11/h3-5,9,13H,2,6-8,10,14H2,1H3. The Hall–Kier alpha value is -1.06. The second-order valence-electron chi connectivity index (χ2n) is 4.33. The van der Waals surface area contributed by atoms with E-state index in [1.807, 2.05) is 18.2 Å². The van der Waals surface area contributed by atoms with Crippen molar-refractivity contribution in [2.24, 2.45) is 0 Å². The van der Waals surface area contributed by atoms with Gasteiger partial charge in [0.15, 0.2) is 0 Å². The summed E-state index contributed by atoms with van der Waals surface area (Å²) in [5.41, 5.74) is 7.80. The Labute approximate surface area is 97.2 Å². The van der Waals surface area contributed by atoms with Crippen LogP contribution in [0.2, 0.25) is 0 Å². The van der Waals surface area contributed by atoms with Crippen molar-refractivity contribution in [2.75, 3.05) is 32.0 Å². The molecule has 1 saturated heterocycles. The van der Waals surface area contributed by atoms with Gasteiger partial charge in [-0.25, -0.2) is 0 Å². The molecule has 0 amide bonds. The Morgan fingerprint density at radius 2 is 2.38 bits per heavy atom. The average molecular weight is 220 g/mol. The number of benzene rings is 1. The van der Waals surface area contributed by atoms with Gasteiger partial charge < -0.3 is 10.5 Å². The molecule has 0 bridgehead atoms. The van der Waals surface area contributed by atoms with Crippen LogP contribution in [-0.2, 0) is 4.74 Å². The molecule has 2 N–H and O–H groups in total. The van der Waals surface area contributed by atoms with Gasteiger partial charge in [0.05, 0.1) is 12.7 Å². The van der Waals surface area contributed by atoms with Crippen molar-refractivity contribution in [3.8, 4) is 0 Å². The second-order valence-corrected chi connectivity index (χ2v) is 4.33. The Balaban J connectivity index is 2.03. The van der Waals surface area contributed by atoms with E-state index in [1.54, 1.807) is 0 Å². The van der Waals surface area contributed by atoms with Crippen molar-refractivity contribution in [3.05, 3.63) is 29.8 Å². The molecule has 2 rings (SSSR count). The normalized spacial score (nSPS) is 22.2. The summed E-state index contributed by atoms with van der Waals surface area (Å²) in [5, 5.41) is 0. The van der Waals surface area contributed by atoms with E-state index in [0.717, 1.165) is 31.9 Å². The Bertz CT molecular complexity index is 338. The lowest BCUT2D eigenvalue weighted by Crippen LogP contribution is -2.38. The van der Waals surface area contributed by atoms with Crippen molar-refractivity contribution < 1.29 is 4.74 Å². The molecule has 1 unspecified atom stereocenters. The predicted molar refractivity (Wildman–Crippen MR) is 66.3 cm³/mol. The molecule has 0 spiro atoms. The van der Waals surface area contributed by atoms with Gasteiger partial charge in [-0.2, -0.15) is 0 Å². The van der Waals surface area contributed by atoms with Crippen LogP contribution in [0.15, 0.2) is 24.3 Å². The van der Waals surface area contributed by atoms with E-state index in [4.69, 9.17) is 10.5 Å². The molecule has 1 fully saturated rings. The molecule has 3 nitrogen and oxygen atoms in total. The SMILES string of the molecule is CCCN1CCOC(c2cccc(N)c2)C1. The third-order valence-electron chi connectivity index (χ3n) is 2.97. The highest BCUT2D eigenvalue weighted by atomic mass is 16.5. The summed E-state index contributed by atoms with van der Waals surface area (Å²) in [7, 11) is 0. The molecule has 1 heterocycles. The molecule has 0 aromatic heterocycles. The van der Waals surface area contributed by atoms with Gasteiger partial charge in [0.2, 0.25) is 0 Å². The molecule has 3 heteroatoms. The summed E-state index contributed by atoms with van der Waals surface area (Å²) in [6.45, 7) is 6.22. The van der Waals surface area contributed by atoms with E-state index in [0.29, 0.717) is 0 Å². The number of nitrogen functional groups attached to an aromatic ring is 1. The fourth-order valence-corrected chi connectivity index (χ4v) is 2.18. The van der Waals surface area contributed by atoms with E-state index in [2.05, 4.69) is 17.9 Å². The molecule has 0 saturated carbocycles. The first-order valence-electron chi connectivity index (χ1n) is 5.99. The summed E-state index contributed by atoms with van der Waals surface area (Å²) in [6.07, 6.45) is 1.38. The zero-order valence-corrected chi connectivity index (χ0v) is 9.86. The van der Waals surface area contributed by atoms with Crippen molar-refractivity contribution >= 4 is 5.69 Å². The molecule has 1 aromatic rings. The van der Waals surface area contributed by atoms with Gasteiger partial charge in [-0.3, -0.25) is 4.90 Å². The van der Waals surface area contributed by atoms with Crippen molar-refractivity contribution in [1.29, 1.82) is 0 Å². The predicted octanol–water partition coefficient (Wildman–Crippen LogP) is 2.05. The van der Waals surface area contributed by atoms with E-state index >= 15 is 0 Å². The van der Waals surface area contributed by atoms with E-state index in [1.165, 1.54) is 12.0 Å². The zero-order chi connectivity index (χ0) is 11.4. The fraction of sp³-hybridized carbons (Fsp3) is 0.538. The number of nitrogens with zero attached hydrogens (tertiary/aromatic N) is 1. The topological polar surface area (TPSA) is 38.5 Å². The molecular formula is C13H20N2O. The van der Waals surface area contributed by atoms with Crippen LogP contribution in [0.4, 0.5) is 5.69 Å². The highest BCUT2D eigenvalue weighted by Gasteiger charge is 2.21. The number of ether oxygens (including phenoxy) is 1. The van der Waals surface area contributed by atoms with Gasteiger partial charge in [-0.15, -0.1) is 0 Å². The van der Waals surface area contributed by atoms with Gasteiger partial charge in [0, 0.05) is 18.8 Å². The smallest absolute Gasteiger partial charge is 0.0953 e. The zero-order valence-electron chi connectivity index (χ0n) is 9.86. The van der Waals surface area contributed by atoms with E-state index in [-0.39, 0.29) is 6.10 Å². The maximum atomic E-state index is 5.80. The number of rotatable bonds is 3. The highest BCUT2D eigenvalue weighted by molar-refractivity contribution is 5.41. The van der Waals surface area contributed by atoms with Crippen LogP contribution in [0, 0.1) is 0 Å². The summed E-state index contributed by atoms with van der Waals surface area (Å²) in [6, 6.07) is 8.01. The number of anilines is 1. The second kappa shape index (κ2) is 5.32. The average Bonchev–Trinajstić information content (AvgIpc) is 2.30. The van der Waals surface area contributed by atoms with Gasteiger partial charge in [-0.1, -0.05) is 19.1 Å². The Morgan fingerprint density at radius 3 is 3.12 bits per heavy atom. The minimum Gasteiger partial charge on any atom is -0.399 e. The molecule has 0 radical (unpaired) electrons. The van der Waals surface area contributed by atoms with Crippen molar-refractivity contribution in [2.45, 2.75) is 19.4 Å². The molecule has 88 valence electrons. The molecule has 1 aliphatic heterocycles. The fourth-order valence-electron chi connectivity index (χ4n) is 2.18. The van der Waals surface area contributed by atoms with E-state index in [9.17, 15) is 0 Å². The number of morpholine rings is 1. The largest absolute Gasteiger partial charge is 0.399 e. The van der Waals surface area contributed by atoms with E-state index < -0.39 is 0 Å². The summed E-state index contributed by atoms with van der Waals surface area (Å²) >= 11 is 0. The van der Waals surface area contributed by atoms with Crippen LogP contribution < -0.4 is 5.73 Å².